The van der Waals surface area contributed by atoms with Gasteiger partial charge in [0.1, 0.15) is 12.6 Å². The molecule has 0 saturated heterocycles. The summed E-state index contributed by atoms with van der Waals surface area (Å²) in [6.07, 6.45) is 3.15. The average molecular weight is 536 g/mol. The summed E-state index contributed by atoms with van der Waals surface area (Å²) in [6.45, 7) is 4.11. The first-order chi connectivity index (χ1) is 18.2. The number of aryl methyl sites for hydroxylation is 1. The van der Waals surface area contributed by atoms with Gasteiger partial charge in [0.2, 0.25) is 21.8 Å². The molecule has 3 rings (SSSR count). The average Bonchev–Trinajstić information content (AvgIpc) is 2.90. The zero-order valence-electron chi connectivity index (χ0n) is 22.3. The van der Waals surface area contributed by atoms with Crippen molar-refractivity contribution in [2.75, 3.05) is 23.7 Å². The van der Waals surface area contributed by atoms with Crippen molar-refractivity contribution < 1.29 is 18.0 Å². The molecule has 0 radical (unpaired) electrons. The van der Waals surface area contributed by atoms with Crippen LogP contribution < -0.4 is 9.62 Å². The number of nitrogens with zero attached hydrogens (tertiary/aromatic N) is 2. The van der Waals surface area contributed by atoms with E-state index in [4.69, 9.17) is 0 Å². The van der Waals surface area contributed by atoms with Crippen molar-refractivity contribution in [3.8, 4) is 0 Å². The van der Waals surface area contributed by atoms with Crippen LogP contribution in [0.25, 0.3) is 0 Å². The summed E-state index contributed by atoms with van der Waals surface area (Å²) in [7, 11) is -3.78. The Morgan fingerprint density at radius 2 is 1.45 bits per heavy atom. The monoisotopic (exact) mass is 535 g/mol. The van der Waals surface area contributed by atoms with Crippen LogP contribution in [-0.4, -0.2) is 50.5 Å². The topological polar surface area (TPSA) is 86.8 Å². The Labute approximate surface area is 226 Å². The molecule has 2 amide bonds. The number of benzene rings is 3. The molecule has 0 aliphatic carbocycles. The van der Waals surface area contributed by atoms with Crippen molar-refractivity contribution >= 4 is 27.5 Å². The van der Waals surface area contributed by atoms with Gasteiger partial charge in [-0.25, -0.2) is 8.42 Å². The molecular formula is C30H37N3O4S. The molecule has 0 spiro atoms. The first-order valence-corrected chi connectivity index (χ1v) is 14.7. The maximum atomic E-state index is 14.0. The van der Waals surface area contributed by atoms with Crippen LogP contribution in [-0.2, 0) is 32.6 Å². The van der Waals surface area contributed by atoms with Crippen molar-refractivity contribution in [2.45, 2.75) is 45.7 Å². The van der Waals surface area contributed by atoms with Gasteiger partial charge >= 0.3 is 0 Å². The molecule has 0 unspecified atom stereocenters. The Kier molecular flexibility index (Phi) is 10.5. The smallest absolute Gasteiger partial charge is 0.244 e. The molecule has 1 N–H and O–H groups in total. The highest BCUT2D eigenvalue weighted by Gasteiger charge is 2.33. The van der Waals surface area contributed by atoms with E-state index in [-0.39, 0.29) is 12.5 Å². The van der Waals surface area contributed by atoms with E-state index in [1.165, 1.54) is 4.90 Å². The van der Waals surface area contributed by atoms with E-state index in [0.717, 1.165) is 40.1 Å². The SMILES string of the molecule is CCCCNC(=O)[C@H](Cc1ccccc1)N(Cc1ccccc1)C(=O)CN(c1ccccc1C)S(C)(=O)=O. The summed E-state index contributed by atoms with van der Waals surface area (Å²) in [5.41, 5.74) is 2.93. The largest absolute Gasteiger partial charge is 0.354 e. The zero-order chi connectivity index (χ0) is 27.5. The Morgan fingerprint density at radius 1 is 0.868 bits per heavy atom. The van der Waals surface area contributed by atoms with E-state index in [2.05, 4.69) is 5.32 Å². The number of rotatable bonds is 13. The van der Waals surface area contributed by atoms with Gasteiger partial charge in [-0.05, 0) is 36.1 Å². The van der Waals surface area contributed by atoms with Crippen molar-refractivity contribution in [3.05, 3.63) is 102 Å². The van der Waals surface area contributed by atoms with Crippen LogP contribution in [0.4, 0.5) is 5.69 Å². The predicted octanol–water partition coefficient (Wildman–Crippen LogP) is 4.32. The van der Waals surface area contributed by atoms with E-state index in [1.54, 1.807) is 25.1 Å². The third-order valence-corrected chi connectivity index (χ3v) is 7.49. The first kappa shape index (κ1) is 28.9. The number of carbonyl (C=O) groups excluding carboxylic acids is 2. The summed E-state index contributed by atoms with van der Waals surface area (Å²) >= 11 is 0. The van der Waals surface area contributed by atoms with Gasteiger partial charge < -0.3 is 10.2 Å². The quantitative estimate of drug-likeness (QED) is 0.330. The molecule has 0 fully saturated rings. The highest BCUT2D eigenvalue weighted by atomic mass is 32.2. The van der Waals surface area contributed by atoms with Crippen LogP contribution in [0.15, 0.2) is 84.9 Å². The lowest BCUT2D eigenvalue weighted by Crippen LogP contribution is -2.53. The van der Waals surface area contributed by atoms with Gasteiger partial charge in [0.05, 0.1) is 11.9 Å². The predicted molar refractivity (Wildman–Crippen MR) is 152 cm³/mol. The maximum absolute atomic E-state index is 14.0. The van der Waals surface area contributed by atoms with Crippen molar-refractivity contribution in [1.29, 1.82) is 0 Å². The normalized spacial score (nSPS) is 12.0. The van der Waals surface area contributed by atoms with Gasteiger partial charge in [-0.3, -0.25) is 13.9 Å². The molecule has 0 aliphatic rings. The molecule has 0 bridgehead atoms. The number of para-hydroxylation sites is 1. The lowest BCUT2D eigenvalue weighted by molar-refractivity contribution is -0.140. The third kappa shape index (κ3) is 8.18. The maximum Gasteiger partial charge on any atom is 0.244 e. The molecular weight excluding hydrogens is 498 g/mol. The minimum Gasteiger partial charge on any atom is -0.354 e. The Balaban J connectivity index is 2.02. The van der Waals surface area contributed by atoms with E-state index in [1.807, 2.05) is 73.7 Å². The number of anilines is 1. The number of hydrogen-bond donors (Lipinski definition) is 1. The van der Waals surface area contributed by atoms with Crippen LogP contribution >= 0.6 is 0 Å². The van der Waals surface area contributed by atoms with Crippen LogP contribution in [0.5, 0.6) is 0 Å². The number of unbranched alkanes of at least 4 members (excludes halogenated alkanes) is 1. The van der Waals surface area contributed by atoms with Crippen LogP contribution in [0, 0.1) is 6.92 Å². The minimum atomic E-state index is -3.78. The van der Waals surface area contributed by atoms with Crippen molar-refractivity contribution in [1.82, 2.24) is 10.2 Å². The van der Waals surface area contributed by atoms with Gasteiger partial charge in [0, 0.05) is 19.5 Å². The molecule has 0 aliphatic heterocycles. The minimum absolute atomic E-state index is 0.170. The first-order valence-electron chi connectivity index (χ1n) is 12.9. The lowest BCUT2D eigenvalue weighted by Gasteiger charge is -2.33. The van der Waals surface area contributed by atoms with Crippen molar-refractivity contribution in [3.63, 3.8) is 0 Å². The molecule has 8 heteroatoms. The second-order valence-corrected chi connectivity index (χ2v) is 11.3. The van der Waals surface area contributed by atoms with Crippen LogP contribution in [0.3, 0.4) is 0 Å². The van der Waals surface area contributed by atoms with Crippen LogP contribution in [0.2, 0.25) is 0 Å². The fourth-order valence-electron chi connectivity index (χ4n) is 4.28. The number of nitrogens with one attached hydrogen (secondary N) is 1. The summed E-state index contributed by atoms with van der Waals surface area (Å²) in [6, 6.07) is 25.2. The molecule has 7 nitrogen and oxygen atoms in total. The van der Waals surface area contributed by atoms with Gasteiger partial charge in [0.25, 0.3) is 0 Å². The second-order valence-electron chi connectivity index (χ2n) is 9.41. The van der Waals surface area contributed by atoms with Crippen molar-refractivity contribution in [2.24, 2.45) is 0 Å². The number of carbonyl (C=O) groups is 2. The van der Waals surface area contributed by atoms with E-state index >= 15 is 0 Å². The lowest BCUT2D eigenvalue weighted by atomic mass is 10.0. The highest BCUT2D eigenvalue weighted by Crippen LogP contribution is 2.23. The molecule has 0 aromatic heterocycles. The standard InChI is InChI=1S/C30H37N3O4S/c1-4-5-20-31-30(35)28(21-25-15-8-6-9-16-25)32(22-26-17-10-7-11-18-26)29(34)23-33(38(3,36)37)27-19-13-12-14-24(27)2/h6-19,28H,4-5,20-23H2,1-3H3,(H,31,35)/t28-/m0/s1. The van der Waals surface area contributed by atoms with Crippen LogP contribution in [0.1, 0.15) is 36.5 Å². The van der Waals surface area contributed by atoms with E-state index < -0.39 is 28.5 Å². The summed E-state index contributed by atoms with van der Waals surface area (Å²) < 4.78 is 26.8. The Hall–Kier alpha value is -3.65. The zero-order valence-corrected chi connectivity index (χ0v) is 23.2. The summed E-state index contributed by atoms with van der Waals surface area (Å²) in [5.74, 6) is -0.706. The van der Waals surface area contributed by atoms with E-state index in [9.17, 15) is 18.0 Å². The van der Waals surface area contributed by atoms with Gasteiger partial charge in [-0.1, -0.05) is 92.2 Å². The van der Waals surface area contributed by atoms with Gasteiger partial charge in [-0.2, -0.15) is 0 Å². The summed E-state index contributed by atoms with van der Waals surface area (Å²) in [5, 5.41) is 2.98. The highest BCUT2D eigenvalue weighted by molar-refractivity contribution is 7.92. The molecule has 202 valence electrons. The molecule has 3 aromatic carbocycles. The van der Waals surface area contributed by atoms with Gasteiger partial charge in [0.15, 0.2) is 0 Å². The fraction of sp³-hybridized carbons (Fsp3) is 0.333. The Morgan fingerprint density at radius 3 is 2.03 bits per heavy atom. The number of amides is 2. The Bertz CT molecular complexity index is 1300. The molecule has 0 heterocycles. The number of sulfonamides is 1. The second kappa shape index (κ2) is 13.8. The third-order valence-electron chi connectivity index (χ3n) is 6.36. The van der Waals surface area contributed by atoms with E-state index in [0.29, 0.717) is 18.7 Å². The van der Waals surface area contributed by atoms with Gasteiger partial charge in [-0.15, -0.1) is 0 Å². The fourth-order valence-corrected chi connectivity index (χ4v) is 5.19. The molecule has 3 aromatic rings. The summed E-state index contributed by atoms with van der Waals surface area (Å²) in [4.78, 5) is 29.0. The molecule has 1 atom stereocenters. The number of hydrogen-bond acceptors (Lipinski definition) is 4. The molecule has 0 saturated carbocycles. The molecule has 38 heavy (non-hydrogen) atoms.